The highest BCUT2D eigenvalue weighted by molar-refractivity contribution is 5.92. The smallest absolute Gasteiger partial charge is 0.267 e. The van der Waals surface area contributed by atoms with E-state index in [1.807, 2.05) is 42.6 Å². The quantitative estimate of drug-likeness (QED) is 0.506. The van der Waals surface area contributed by atoms with Gasteiger partial charge >= 0.3 is 0 Å². The highest BCUT2D eigenvalue weighted by Gasteiger charge is 2.24. The van der Waals surface area contributed by atoms with Crippen LogP contribution in [0.3, 0.4) is 0 Å². The Labute approximate surface area is 186 Å². The van der Waals surface area contributed by atoms with Crippen LogP contribution in [0, 0.1) is 0 Å². The molecule has 1 aromatic carbocycles. The second kappa shape index (κ2) is 8.78. The molecular weight excluding hydrogens is 402 g/mol. The second-order valence-electron chi connectivity index (χ2n) is 8.13. The predicted molar refractivity (Wildman–Crippen MR) is 125 cm³/mol. The van der Waals surface area contributed by atoms with Crippen molar-refractivity contribution < 1.29 is 4.74 Å². The average Bonchev–Trinajstić information content (AvgIpc) is 2.85. The van der Waals surface area contributed by atoms with Crippen LogP contribution in [-0.2, 0) is 0 Å². The van der Waals surface area contributed by atoms with Crippen LogP contribution in [0.2, 0.25) is 0 Å². The predicted octanol–water partition coefficient (Wildman–Crippen LogP) is 4.46. The second-order valence-corrected chi connectivity index (χ2v) is 8.13. The summed E-state index contributed by atoms with van der Waals surface area (Å²) in [4.78, 5) is 21.1. The lowest BCUT2D eigenvalue weighted by atomic mass is 9.91. The van der Waals surface area contributed by atoms with Gasteiger partial charge in [-0.15, -0.1) is 0 Å². The Morgan fingerprint density at radius 2 is 1.78 bits per heavy atom. The molecule has 0 saturated heterocycles. The minimum absolute atomic E-state index is 0.0496. The van der Waals surface area contributed by atoms with Gasteiger partial charge in [-0.25, -0.2) is 4.68 Å². The lowest BCUT2D eigenvalue weighted by Crippen LogP contribution is -2.33. The fourth-order valence-electron chi connectivity index (χ4n) is 4.43. The summed E-state index contributed by atoms with van der Waals surface area (Å²) in [6, 6.07) is 15.6. The number of hydrogen-bond donors (Lipinski definition) is 1. The molecule has 1 N–H and O–H groups in total. The van der Waals surface area contributed by atoms with Crippen molar-refractivity contribution in [1.82, 2.24) is 19.7 Å². The molecular formula is C25H25N5O2. The monoisotopic (exact) mass is 427 g/mol. The molecule has 5 rings (SSSR count). The number of methoxy groups -OCH3 is 1. The van der Waals surface area contributed by atoms with Crippen LogP contribution in [0.15, 0.2) is 71.9 Å². The standard InChI is InChI=1S/C25H25N5O2/c1-32-20-6-7-23-21(16-20)24(12-15-27-23)28-18-2-4-19(5-3-18)30-25(31)9-8-22(29-30)17-10-13-26-14-11-17/h6-16,18-19H,2-5H2,1H3,(H,27,28). The molecule has 0 atom stereocenters. The third kappa shape index (κ3) is 4.06. The number of benzene rings is 1. The largest absolute Gasteiger partial charge is 0.497 e. The van der Waals surface area contributed by atoms with E-state index in [1.165, 1.54) is 0 Å². The number of pyridine rings is 2. The maximum absolute atomic E-state index is 12.5. The molecule has 1 fully saturated rings. The van der Waals surface area contributed by atoms with Gasteiger partial charge in [0, 0.05) is 47.3 Å². The van der Waals surface area contributed by atoms with E-state index in [0.29, 0.717) is 6.04 Å². The van der Waals surface area contributed by atoms with E-state index in [2.05, 4.69) is 20.4 Å². The molecule has 1 saturated carbocycles. The molecule has 3 aromatic heterocycles. The number of nitrogens with one attached hydrogen (secondary N) is 1. The summed E-state index contributed by atoms with van der Waals surface area (Å²) in [5.41, 5.74) is 3.71. The van der Waals surface area contributed by atoms with Crippen molar-refractivity contribution in [3.8, 4) is 17.0 Å². The van der Waals surface area contributed by atoms with Crippen LogP contribution in [0.5, 0.6) is 5.75 Å². The number of hydrogen-bond acceptors (Lipinski definition) is 6. The highest BCUT2D eigenvalue weighted by atomic mass is 16.5. The molecule has 0 spiro atoms. The van der Waals surface area contributed by atoms with Crippen LogP contribution in [0.25, 0.3) is 22.2 Å². The molecule has 0 radical (unpaired) electrons. The Kier molecular flexibility index (Phi) is 5.54. The summed E-state index contributed by atoms with van der Waals surface area (Å²) in [5.74, 6) is 0.816. The minimum atomic E-state index is -0.0496. The van der Waals surface area contributed by atoms with Crippen molar-refractivity contribution in [2.45, 2.75) is 37.8 Å². The van der Waals surface area contributed by atoms with E-state index in [4.69, 9.17) is 4.74 Å². The van der Waals surface area contributed by atoms with Crippen molar-refractivity contribution >= 4 is 16.6 Å². The normalized spacial score (nSPS) is 18.4. The SMILES string of the molecule is COc1ccc2nccc(NC3CCC(n4nc(-c5ccncc5)ccc4=O)CC3)c2c1. The first-order valence-corrected chi connectivity index (χ1v) is 10.9. The van der Waals surface area contributed by atoms with Crippen molar-refractivity contribution in [2.75, 3.05) is 12.4 Å². The summed E-state index contributed by atoms with van der Waals surface area (Å²) in [6.07, 6.45) is 9.03. The number of nitrogens with zero attached hydrogens (tertiary/aromatic N) is 4. The van der Waals surface area contributed by atoms with Crippen LogP contribution < -0.4 is 15.6 Å². The van der Waals surface area contributed by atoms with Crippen molar-refractivity contribution in [3.63, 3.8) is 0 Å². The van der Waals surface area contributed by atoms with E-state index < -0.39 is 0 Å². The van der Waals surface area contributed by atoms with Gasteiger partial charge in [0.15, 0.2) is 0 Å². The molecule has 1 aliphatic rings. The zero-order valence-corrected chi connectivity index (χ0v) is 17.9. The van der Waals surface area contributed by atoms with Crippen molar-refractivity contribution in [2.24, 2.45) is 0 Å². The van der Waals surface area contributed by atoms with Crippen molar-refractivity contribution in [1.29, 1.82) is 0 Å². The number of fused-ring (bicyclic) bond motifs is 1. The maximum atomic E-state index is 12.5. The van der Waals surface area contributed by atoms with E-state index in [0.717, 1.165) is 59.3 Å². The van der Waals surface area contributed by atoms with Crippen LogP contribution >= 0.6 is 0 Å². The average molecular weight is 428 g/mol. The third-order valence-corrected chi connectivity index (χ3v) is 6.15. The van der Waals surface area contributed by atoms with Gasteiger partial charge in [0.1, 0.15) is 5.75 Å². The van der Waals surface area contributed by atoms with Gasteiger partial charge in [0.05, 0.1) is 24.4 Å². The maximum Gasteiger partial charge on any atom is 0.267 e. The minimum Gasteiger partial charge on any atom is -0.497 e. The third-order valence-electron chi connectivity index (χ3n) is 6.15. The molecule has 7 heteroatoms. The highest BCUT2D eigenvalue weighted by Crippen LogP contribution is 2.32. The molecule has 1 aliphatic carbocycles. The first-order chi connectivity index (χ1) is 15.7. The number of aromatic nitrogens is 4. The van der Waals surface area contributed by atoms with Gasteiger partial charge in [-0.3, -0.25) is 14.8 Å². The Hall–Kier alpha value is -3.74. The summed E-state index contributed by atoms with van der Waals surface area (Å²) >= 11 is 0. The summed E-state index contributed by atoms with van der Waals surface area (Å²) in [5, 5.41) is 9.41. The summed E-state index contributed by atoms with van der Waals surface area (Å²) < 4.78 is 7.05. The Balaban J connectivity index is 1.31. The van der Waals surface area contributed by atoms with Crippen molar-refractivity contribution in [3.05, 3.63) is 77.5 Å². The first-order valence-electron chi connectivity index (χ1n) is 10.9. The Bertz CT molecular complexity index is 1280. The molecule has 162 valence electrons. The molecule has 7 nitrogen and oxygen atoms in total. The van der Waals surface area contributed by atoms with Crippen LogP contribution in [0.1, 0.15) is 31.7 Å². The van der Waals surface area contributed by atoms with Gasteiger partial charge in [-0.05, 0) is 68.1 Å². The Morgan fingerprint density at radius 3 is 2.56 bits per heavy atom. The zero-order chi connectivity index (χ0) is 21.9. The van der Waals surface area contributed by atoms with Crippen LogP contribution in [0.4, 0.5) is 5.69 Å². The molecule has 32 heavy (non-hydrogen) atoms. The summed E-state index contributed by atoms with van der Waals surface area (Å²) in [7, 11) is 1.67. The van der Waals surface area contributed by atoms with Gasteiger partial charge in [-0.2, -0.15) is 5.10 Å². The molecule has 0 amide bonds. The number of anilines is 1. The first kappa shape index (κ1) is 20.2. The van der Waals surface area contributed by atoms with E-state index in [1.54, 1.807) is 36.3 Å². The topological polar surface area (TPSA) is 81.9 Å². The van der Waals surface area contributed by atoms with Gasteiger partial charge < -0.3 is 10.1 Å². The van der Waals surface area contributed by atoms with Crippen LogP contribution in [-0.4, -0.2) is 32.9 Å². The fraction of sp³-hybridized carbons (Fsp3) is 0.280. The zero-order valence-electron chi connectivity index (χ0n) is 17.9. The van der Waals surface area contributed by atoms with Gasteiger partial charge in [0.2, 0.25) is 0 Å². The number of rotatable bonds is 5. The van der Waals surface area contributed by atoms with Gasteiger partial charge in [-0.1, -0.05) is 0 Å². The van der Waals surface area contributed by atoms with E-state index in [-0.39, 0.29) is 11.6 Å². The molecule has 3 heterocycles. The molecule has 0 bridgehead atoms. The van der Waals surface area contributed by atoms with Gasteiger partial charge in [0.25, 0.3) is 5.56 Å². The summed E-state index contributed by atoms with van der Waals surface area (Å²) in [6.45, 7) is 0. The fourth-order valence-corrected chi connectivity index (χ4v) is 4.43. The number of ether oxygens (including phenoxy) is 1. The lowest BCUT2D eigenvalue weighted by molar-refractivity contribution is 0.304. The van der Waals surface area contributed by atoms with E-state index >= 15 is 0 Å². The molecule has 0 aliphatic heterocycles. The Morgan fingerprint density at radius 1 is 0.969 bits per heavy atom. The molecule has 4 aromatic rings. The lowest BCUT2D eigenvalue weighted by Gasteiger charge is -2.30. The molecule has 0 unspecified atom stereocenters. The van der Waals surface area contributed by atoms with E-state index in [9.17, 15) is 4.79 Å².